The summed E-state index contributed by atoms with van der Waals surface area (Å²) in [5.74, 6) is 1.10. The summed E-state index contributed by atoms with van der Waals surface area (Å²) in [5.41, 5.74) is 2.90. The van der Waals surface area contributed by atoms with Crippen molar-refractivity contribution in [3.05, 3.63) is 60.4 Å². The van der Waals surface area contributed by atoms with E-state index >= 15 is 0 Å². The minimum Gasteiger partial charge on any atom is -0.493 e. The van der Waals surface area contributed by atoms with Crippen molar-refractivity contribution in [2.75, 3.05) is 33.9 Å². The number of aromatic nitrogens is 2. The monoisotopic (exact) mass is 448 g/mol. The quantitative estimate of drug-likeness (QED) is 0.560. The molecule has 1 amide bonds. The summed E-state index contributed by atoms with van der Waals surface area (Å²) in [6.45, 7) is 5.35. The lowest BCUT2D eigenvalue weighted by atomic mass is 10.0. The Hall–Kier alpha value is -3.32. The summed E-state index contributed by atoms with van der Waals surface area (Å²) in [7, 11) is 3.21. The van der Waals surface area contributed by atoms with Gasteiger partial charge in [0.25, 0.3) is 5.91 Å². The molecule has 2 heterocycles. The number of ether oxygens (including phenoxy) is 2. The highest BCUT2D eigenvalue weighted by Crippen LogP contribution is 2.34. The highest BCUT2D eigenvalue weighted by molar-refractivity contribution is 5.99. The number of methoxy groups -OCH3 is 2. The van der Waals surface area contributed by atoms with Gasteiger partial charge in [-0.3, -0.25) is 4.79 Å². The number of rotatable bonds is 8. The Morgan fingerprint density at radius 3 is 2.45 bits per heavy atom. The highest BCUT2D eigenvalue weighted by atomic mass is 16.5. The Bertz CT molecular complexity index is 1070. The fraction of sp³-hybridized carbons (Fsp3) is 0.385. The third kappa shape index (κ3) is 5.20. The minimum absolute atomic E-state index is 0.150. The van der Waals surface area contributed by atoms with Crippen LogP contribution < -0.4 is 14.8 Å². The Morgan fingerprint density at radius 2 is 1.79 bits per heavy atom. The number of likely N-dealkylation sites (tertiary alicyclic amines) is 1. The molecule has 1 fully saturated rings. The maximum atomic E-state index is 13.4. The molecule has 3 aromatic rings. The summed E-state index contributed by atoms with van der Waals surface area (Å²) in [6, 6.07) is 15.6. The van der Waals surface area contributed by atoms with Crippen molar-refractivity contribution >= 4 is 5.91 Å². The van der Waals surface area contributed by atoms with E-state index in [2.05, 4.69) is 22.2 Å². The molecule has 1 saturated heterocycles. The van der Waals surface area contributed by atoms with E-state index in [9.17, 15) is 4.79 Å². The first-order valence-electron chi connectivity index (χ1n) is 11.5. The molecule has 0 spiro atoms. The largest absolute Gasteiger partial charge is 0.493 e. The summed E-state index contributed by atoms with van der Waals surface area (Å²) < 4.78 is 12.6. The first-order chi connectivity index (χ1) is 16.1. The molecule has 1 aromatic heterocycles. The molecule has 1 aliphatic heterocycles. The van der Waals surface area contributed by atoms with E-state index in [1.54, 1.807) is 18.9 Å². The molecule has 2 aromatic carbocycles. The number of amides is 1. The molecule has 0 bridgehead atoms. The molecule has 7 nitrogen and oxygen atoms in total. The summed E-state index contributed by atoms with van der Waals surface area (Å²) in [6.07, 6.45) is 4.96. The molecule has 1 aliphatic rings. The van der Waals surface area contributed by atoms with Crippen LogP contribution >= 0.6 is 0 Å². The molecule has 4 rings (SSSR count). The number of hydrogen-bond acceptors (Lipinski definition) is 5. The lowest BCUT2D eigenvalue weighted by Crippen LogP contribution is -2.45. The van der Waals surface area contributed by atoms with Crippen molar-refractivity contribution < 1.29 is 14.3 Å². The van der Waals surface area contributed by atoms with Gasteiger partial charge in [0.15, 0.2) is 17.2 Å². The summed E-state index contributed by atoms with van der Waals surface area (Å²) >= 11 is 0. The van der Waals surface area contributed by atoms with Crippen molar-refractivity contribution in [3.8, 4) is 28.3 Å². The zero-order chi connectivity index (χ0) is 23.2. The second-order valence-electron chi connectivity index (χ2n) is 8.33. The van der Waals surface area contributed by atoms with Crippen molar-refractivity contribution in [1.29, 1.82) is 0 Å². The fourth-order valence-electron chi connectivity index (χ4n) is 4.34. The van der Waals surface area contributed by atoms with Crippen LogP contribution in [0.1, 0.15) is 36.7 Å². The van der Waals surface area contributed by atoms with Gasteiger partial charge in [0, 0.05) is 30.9 Å². The smallest absolute Gasteiger partial charge is 0.272 e. The third-order valence-electron chi connectivity index (χ3n) is 6.11. The van der Waals surface area contributed by atoms with Crippen LogP contribution in [0.2, 0.25) is 0 Å². The average Bonchev–Trinajstić information content (AvgIpc) is 3.31. The summed E-state index contributed by atoms with van der Waals surface area (Å²) in [4.78, 5) is 15.8. The van der Waals surface area contributed by atoms with Gasteiger partial charge >= 0.3 is 0 Å². The molecule has 174 valence electrons. The van der Waals surface area contributed by atoms with Crippen molar-refractivity contribution in [2.24, 2.45) is 0 Å². The predicted molar refractivity (Wildman–Crippen MR) is 129 cm³/mol. The number of piperidine rings is 1. The highest BCUT2D eigenvalue weighted by Gasteiger charge is 2.25. The van der Waals surface area contributed by atoms with Crippen molar-refractivity contribution in [3.63, 3.8) is 0 Å². The standard InChI is InChI=1S/C26H32N4O3/c1-4-14-29-15-12-20(13-16-29)27-26(31)25-22(18-30(28-25)21-8-6-5-7-9-21)19-10-11-23(32-2)24(17-19)33-3/h5-11,17-18,20H,4,12-16H2,1-3H3,(H,27,31). The number of carbonyl (C=O) groups is 1. The van der Waals surface area contributed by atoms with Crippen LogP contribution in [0.25, 0.3) is 16.8 Å². The molecule has 0 radical (unpaired) electrons. The van der Waals surface area contributed by atoms with Gasteiger partial charge < -0.3 is 19.7 Å². The van der Waals surface area contributed by atoms with Gasteiger partial charge in [-0.25, -0.2) is 4.68 Å². The number of nitrogens with zero attached hydrogens (tertiary/aromatic N) is 3. The first-order valence-corrected chi connectivity index (χ1v) is 11.5. The van der Waals surface area contributed by atoms with E-state index in [1.807, 2.05) is 54.7 Å². The van der Waals surface area contributed by atoms with Crippen LogP contribution in [-0.4, -0.2) is 60.5 Å². The molecular weight excluding hydrogens is 416 g/mol. The topological polar surface area (TPSA) is 68.6 Å². The second kappa shape index (κ2) is 10.5. The van der Waals surface area contributed by atoms with Gasteiger partial charge in [-0.05, 0) is 55.6 Å². The second-order valence-corrected chi connectivity index (χ2v) is 8.33. The Kier molecular flexibility index (Phi) is 7.29. The molecule has 33 heavy (non-hydrogen) atoms. The predicted octanol–water partition coefficient (Wildman–Crippen LogP) is 4.16. The zero-order valence-corrected chi connectivity index (χ0v) is 19.6. The molecule has 0 atom stereocenters. The van der Waals surface area contributed by atoms with Crippen LogP contribution in [0.3, 0.4) is 0 Å². The van der Waals surface area contributed by atoms with Gasteiger partial charge in [-0.2, -0.15) is 5.10 Å². The molecular formula is C26H32N4O3. The number of benzene rings is 2. The fourth-order valence-corrected chi connectivity index (χ4v) is 4.34. The number of hydrogen-bond donors (Lipinski definition) is 1. The Morgan fingerprint density at radius 1 is 1.06 bits per heavy atom. The summed E-state index contributed by atoms with van der Waals surface area (Å²) in [5, 5.41) is 7.91. The van der Waals surface area contributed by atoms with E-state index in [1.165, 1.54) is 0 Å². The maximum Gasteiger partial charge on any atom is 0.272 e. The van der Waals surface area contributed by atoms with E-state index in [-0.39, 0.29) is 11.9 Å². The lowest BCUT2D eigenvalue weighted by Gasteiger charge is -2.31. The van der Waals surface area contributed by atoms with Gasteiger partial charge in [0.05, 0.1) is 19.9 Å². The van der Waals surface area contributed by atoms with E-state index in [0.717, 1.165) is 55.7 Å². The van der Waals surface area contributed by atoms with E-state index < -0.39 is 0 Å². The molecule has 0 aliphatic carbocycles. The molecule has 1 N–H and O–H groups in total. The minimum atomic E-state index is -0.150. The van der Waals surface area contributed by atoms with Crippen LogP contribution in [-0.2, 0) is 0 Å². The van der Waals surface area contributed by atoms with E-state index in [0.29, 0.717) is 17.2 Å². The van der Waals surface area contributed by atoms with Gasteiger partial charge in [-0.1, -0.05) is 31.2 Å². The zero-order valence-electron chi connectivity index (χ0n) is 19.6. The Balaban J connectivity index is 1.64. The van der Waals surface area contributed by atoms with Gasteiger partial charge in [-0.15, -0.1) is 0 Å². The Labute approximate surface area is 195 Å². The number of nitrogens with one attached hydrogen (secondary N) is 1. The molecule has 7 heteroatoms. The average molecular weight is 449 g/mol. The number of para-hydroxylation sites is 1. The van der Waals surface area contributed by atoms with Crippen molar-refractivity contribution in [2.45, 2.75) is 32.2 Å². The normalized spacial score (nSPS) is 14.8. The van der Waals surface area contributed by atoms with Gasteiger partial charge in [0.1, 0.15) is 0 Å². The van der Waals surface area contributed by atoms with Crippen LogP contribution in [0.15, 0.2) is 54.7 Å². The van der Waals surface area contributed by atoms with Crippen molar-refractivity contribution in [1.82, 2.24) is 20.0 Å². The molecule has 0 unspecified atom stereocenters. The SMILES string of the molecule is CCCN1CCC(NC(=O)c2nn(-c3ccccc3)cc2-c2ccc(OC)c(OC)c2)CC1. The van der Waals surface area contributed by atoms with E-state index in [4.69, 9.17) is 9.47 Å². The van der Waals surface area contributed by atoms with Crippen LogP contribution in [0.4, 0.5) is 0 Å². The molecule has 0 saturated carbocycles. The van der Waals surface area contributed by atoms with Gasteiger partial charge in [0.2, 0.25) is 0 Å². The third-order valence-corrected chi connectivity index (χ3v) is 6.11. The number of carbonyl (C=O) groups excluding carboxylic acids is 1. The van der Waals surface area contributed by atoms with Crippen LogP contribution in [0, 0.1) is 0 Å². The lowest BCUT2D eigenvalue weighted by molar-refractivity contribution is 0.0906. The maximum absolute atomic E-state index is 13.4. The van der Waals surface area contributed by atoms with Crippen LogP contribution in [0.5, 0.6) is 11.5 Å². The first kappa shape index (κ1) is 22.9.